The Hall–Kier alpha value is -2.31. The van der Waals surface area contributed by atoms with Crippen LogP contribution in [0.1, 0.15) is 5.56 Å². The Balaban J connectivity index is 2.66. The second-order valence-corrected chi connectivity index (χ2v) is 4.22. The van der Waals surface area contributed by atoms with E-state index in [1.54, 1.807) is 31.2 Å². The molecule has 0 radical (unpaired) electrons. The maximum Gasteiger partial charge on any atom is 0.323 e. The number of carbonyl (C=O) groups excluding carboxylic acids is 1. The topological polar surface area (TPSA) is 78.7 Å². The van der Waals surface area contributed by atoms with E-state index in [-0.39, 0.29) is 19.1 Å². The summed E-state index contributed by atoms with van der Waals surface area (Å²) in [5.41, 5.74) is 0.882. The molecular weight excluding hydrogens is 248 g/mol. The highest BCUT2D eigenvalue weighted by Crippen LogP contribution is 2.05. The third-order valence-electron chi connectivity index (χ3n) is 2.45. The van der Waals surface area contributed by atoms with Crippen LogP contribution in [0.3, 0.4) is 0 Å². The zero-order valence-electron chi connectivity index (χ0n) is 11.1. The van der Waals surface area contributed by atoms with Crippen molar-refractivity contribution in [1.82, 2.24) is 19.6 Å². The Morgan fingerprint density at radius 1 is 1.58 bits per heavy atom. The molecular formula is C12H18N4O3. The van der Waals surface area contributed by atoms with Gasteiger partial charge in [-0.2, -0.15) is 5.10 Å². The molecule has 19 heavy (non-hydrogen) atoms. The molecule has 1 aromatic rings. The number of hydrogen-bond donors (Lipinski definition) is 1. The molecule has 1 heterocycles. The van der Waals surface area contributed by atoms with Crippen LogP contribution >= 0.6 is 0 Å². The Bertz CT molecular complexity index is 469. The van der Waals surface area contributed by atoms with E-state index in [4.69, 9.17) is 5.11 Å². The van der Waals surface area contributed by atoms with Crippen molar-refractivity contribution in [1.29, 1.82) is 0 Å². The van der Waals surface area contributed by atoms with Gasteiger partial charge < -0.3 is 14.9 Å². The van der Waals surface area contributed by atoms with Gasteiger partial charge >= 0.3 is 12.0 Å². The first-order valence-electron chi connectivity index (χ1n) is 5.74. The molecule has 0 unspecified atom stereocenters. The number of amides is 2. The Kier molecular flexibility index (Phi) is 5.11. The molecule has 0 atom stereocenters. The van der Waals surface area contributed by atoms with Crippen LogP contribution in [-0.4, -0.2) is 56.8 Å². The standard InChI is InChI=1S/C12H18N4O3/c1-4-5-16(9-11(17)18)12(19)14(2)7-10-6-13-15(3)8-10/h4,6,8H,1,5,7,9H2,2-3H3,(H,17,18). The Labute approximate surface area is 111 Å². The fourth-order valence-electron chi connectivity index (χ4n) is 1.67. The lowest BCUT2D eigenvalue weighted by molar-refractivity contribution is -0.137. The fraction of sp³-hybridized carbons (Fsp3) is 0.417. The number of aryl methyl sites for hydroxylation is 1. The van der Waals surface area contributed by atoms with Gasteiger partial charge in [-0.3, -0.25) is 9.48 Å². The van der Waals surface area contributed by atoms with Gasteiger partial charge in [0.15, 0.2) is 0 Å². The molecule has 7 nitrogen and oxygen atoms in total. The Morgan fingerprint density at radius 2 is 2.26 bits per heavy atom. The molecule has 0 aliphatic rings. The largest absolute Gasteiger partial charge is 0.480 e. The monoisotopic (exact) mass is 266 g/mol. The molecule has 0 bridgehead atoms. The van der Waals surface area contributed by atoms with E-state index in [2.05, 4.69) is 11.7 Å². The average molecular weight is 266 g/mol. The van der Waals surface area contributed by atoms with Gasteiger partial charge in [0, 0.05) is 32.4 Å². The highest BCUT2D eigenvalue weighted by molar-refractivity contribution is 5.80. The van der Waals surface area contributed by atoms with Crippen LogP contribution in [-0.2, 0) is 18.4 Å². The number of aliphatic carboxylic acids is 1. The molecule has 0 aliphatic heterocycles. The van der Waals surface area contributed by atoms with E-state index in [9.17, 15) is 9.59 Å². The molecule has 104 valence electrons. The number of aromatic nitrogens is 2. The first-order valence-corrected chi connectivity index (χ1v) is 5.74. The minimum absolute atomic E-state index is 0.197. The molecule has 0 spiro atoms. The van der Waals surface area contributed by atoms with Gasteiger partial charge in [-0.25, -0.2) is 4.79 Å². The van der Waals surface area contributed by atoms with Gasteiger partial charge in [0.1, 0.15) is 6.54 Å². The average Bonchev–Trinajstić information content (AvgIpc) is 2.72. The minimum atomic E-state index is -1.05. The predicted octanol–water partition coefficient (Wildman–Crippen LogP) is 0.544. The number of carboxylic acids is 1. The van der Waals surface area contributed by atoms with Gasteiger partial charge in [0.2, 0.25) is 0 Å². The summed E-state index contributed by atoms with van der Waals surface area (Å²) in [5, 5.41) is 12.8. The van der Waals surface area contributed by atoms with Crippen LogP contribution < -0.4 is 0 Å². The molecule has 0 aliphatic carbocycles. The van der Waals surface area contributed by atoms with E-state index >= 15 is 0 Å². The molecule has 1 N–H and O–H groups in total. The molecule has 0 aromatic carbocycles. The van der Waals surface area contributed by atoms with E-state index in [1.165, 1.54) is 15.9 Å². The van der Waals surface area contributed by atoms with E-state index in [0.29, 0.717) is 6.54 Å². The first-order chi connectivity index (χ1) is 8.93. The van der Waals surface area contributed by atoms with Crippen LogP contribution in [0.15, 0.2) is 25.0 Å². The highest BCUT2D eigenvalue weighted by Gasteiger charge is 2.19. The Morgan fingerprint density at radius 3 is 2.74 bits per heavy atom. The zero-order valence-corrected chi connectivity index (χ0v) is 11.1. The van der Waals surface area contributed by atoms with Crippen molar-refractivity contribution >= 4 is 12.0 Å². The number of carboxylic acid groups (broad SMARTS) is 1. The number of nitrogens with zero attached hydrogens (tertiary/aromatic N) is 4. The molecule has 1 aromatic heterocycles. The smallest absolute Gasteiger partial charge is 0.323 e. The lowest BCUT2D eigenvalue weighted by Crippen LogP contribution is -2.43. The van der Waals surface area contributed by atoms with Crippen molar-refractivity contribution < 1.29 is 14.7 Å². The number of urea groups is 1. The summed E-state index contributed by atoms with van der Waals surface area (Å²) >= 11 is 0. The van der Waals surface area contributed by atoms with Gasteiger partial charge in [-0.1, -0.05) is 6.08 Å². The number of rotatable bonds is 6. The normalized spacial score (nSPS) is 10.0. The lowest BCUT2D eigenvalue weighted by Gasteiger charge is -2.25. The molecule has 7 heteroatoms. The maximum atomic E-state index is 12.1. The number of carbonyl (C=O) groups is 2. The van der Waals surface area contributed by atoms with Crippen LogP contribution in [0.4, 0.5) is 4.79 Å². The summed E-state index contributed by atoms with van der Waals surface area (Å²) < 4.78 is 1.65. The zero-order chi connectivity index (χ0) is 14.4. The minimum Gasteiger partial charge on any atom is -0.480 e. The lowest BCUT2D eigenvalue weighted by atomic mass is 10.3. The van der Waals surface area contributed by atoms with E-state index in [1.807, 2.05) is 0 Å². The van der Waals surface area contributed by atoms with Crippen LogP contribution in [0, 0.1) is 0 Å². The number of hydrogen-bond acceptors (Lipinski definition) is 3. The SMILES string of the molecule is C=CCN(CC(=O)O)C(=O)N(C)Cc1cnn(C)c1. The van der Waals surface area contributed by atoms with Crippen LogP contribution in [0.2, 0.25) is 0 Å². The molecule has 0 saturated carbocycles. The summed E-state index contributed by atoms with van der Waals surface area (Å²) in [6.07, 6.45) is 4.97. The summed E-state index contributed by atoms with van der Waals surface area (Å²) in [5.74, 6) is -1.05. The summed E-state index contributed by atoms with van der Waals surface area (Å²) in [7, 11) is 3.41. The fourth-order valence-corrected chi connectivity index (χ4v) is 1.67. The van der Waals surface area contributed by atoms with Crippen molar-refractivity contribution in [2.24, 2.45) is 7.05 Å². The van der Waals surface area contributed by atoms with Crippen molar-refractivity contribution in [2.45, 2.75) is 6.54 Å². The summed E-state index contributed by atoms with van der Waals surface area (Å²) in [6, 6.07) is -0.355. The van der Waals surface area contributed by atoms with Gasteiger partial charge in [-0.15, -0.1) is 6.58 Å². The van der Waals surface area contributed by atoms with E-state index in [0.717, 1.165) is 5.56 Å². The molecule has 0 saturated heterocycles. The van der Waals surface area contributed by atoms with Crippen molar-refractivity contribution in [3.05, 3.63) is 30.6 Å². The molecule has 2 amide bonds. The van der Waals surface area contributed by atoms with Crippen molar-refractivity contribution in [3.8, 4) is 0 Å². The predicted molar refractivity (Wildman–Crippen MR) is 69.5 cm³/mol. The highest BCUT2D eigenvalue weighted by atomic mass is 16.4. The molecule has 1 rings (SSSR count). The van der Waals surface area contributed by atoms with Gasteiger partial charge in [0.05, 0.1) is 12.7 Å². The van der Waals surface area contributed by atoms with Crippen molar-refractivity contribution in [3.63, 3.8) is 0 Å². The van der Waals surface area contributed by atoms with E-state index < -0.39 is 5.97 Å². The van der Waals surface area contributed by atoms with Crippen molar-refractivity contribution in [2.75, 3.05) is 20.1 Å². The second-order valence-electron chi connectivity index (χ2n) is 4.22. The quantitative estimate of drug-likeness (QED) is 0.762. The summed E-state index contributed by atoms with van der Waals surface area (Å²) in [4.78, 5) is 25.5. The maximum absolute atomic E-state index is 12.1. The van der Waals surface area contributed by atoms with Gasteiger partial charge in [0.25, 0.3) is 0 Å². The summed E-state index contributed by atoms with van der Waals surface area (Å²) in [6.45, 7) is 3.75. The third-order valence-corrected chi connectivity index (χ3v) is 2.45. The third kappa shape index (κ3) is 4.46. The van der Waals surface area contributed by atoms with Crippen LogP contribution in [0.25, 0.3) is 0 Å². The first kappa shape index (κ1) is 14.7. The molecule has 0 fully saturated rings. The van der Waals surface area contributed by atoms with Crippen LogP contribution in [0.5, 0.6) is 0 Å². The van der Waals surface area contributed by atoms with Gasteiger partial charge in [-0.05, 0) is 0 Å². The second kappa shape index (κ2) is 6.58.